The monoisotopic (exact) mass is 334 g/mol. The molecule has 1 saturated heterocycles. The number of halogens is 1. The average Bonchev–Trinajstić information content (AvgIpc) is 2.60. The second kappa shape index (κ2) is 7.88. The van der Waals surface area contributed by atoms with Crippen LogP contribution < -0.4 is 0 Å². The minimum absolute atomic E-state index is 0.0272. The smallest absolute Gasteiger partial charge is 0.223 e. The number of carbonyl (C=O) groups excluding carboxylic acids is 2. The summed E-state index contributed by atoms with van der Waals surface area (Å²) in [5, 5.41) is 0. The molecule has 0 aromatic heterocycles. The van der Waals surface area contributed by atoms with Gasteiger partial charge in [-0.2, -0.15) is 0 Å². The zero-order valence-corrected chi connectivity index (χ0v) is 14.8. The largest absolute Gasteiger partial charge is 0.340 e. The molecular weight excluding hydrogens is 307 g/mol. The van der Waals surface area contributed by atoms with E-state index in [4.69, 9.17) is 0 Å². The Morgan fingerprint density at radius 1 is 1.04 bits per heavy atom. The molecule has 0 aliphatic carbocycles. The lowest BCUT2D eigenvalue weighted by Gasteiger charge is -2.43. The predicted molar refractivity (Wildman–Crippen MR) is 92.5 cm³/mol. The highest BCUT2D eigenvalue weighted by Gasteiger charge is 2.29. The van der Waals surface area contributed by atoms with Crippen LogP contribution in [0.15, 0.2) is 24.3 Å². The van der Waals surface area contributed by atoms with Crippen molar-refractivity contribution in [2.75, 3.05) is 26.2 Å². The number of nitrogens with zero attached hydrogens (tertiary/aromatic N) is 2. The molecule has 0 bridgehead atoms. The molecule has 0 saturated carbocycles. The maximum Gasteiger partial charge on any atom is 0.223 e. The molecule has 1 aliphatic rings. The first kappa shape index (κ1) is 18.6. The molecule has 1 heterocycles. The number of piperazine rings is 1. The molecule has 1 aliphatic heterocycles. The van der Waals surface area contributed by atoms with E-state index in [1.165, 1.54) is 24.3 Å². The Kier molecular flexibility index (Phi) is 6.10. The maximum absolute atomic E-state index is 12.9. The molecule has 132 valence electrons. The van der Waals surface area contributed by atoms with Crippen LogP contribution in [-0.4, -0.2) is 53.2 Å². The number of rotatable bonds is 6. The third-order valence-electron chi connectivity index (χ3n) is 5.09. The Bertz CT molecular complexity index is 576. The number of carbonyl (C=O) groups is 2. The number of hydrogen-bond acceptors (Lipinski definition) is 3. The van der Waals surface area contributed by atoms with Crippen molar-refractivity contribution < 1.29 is 14.0 Å². The molecule has 0 atom stereocenters. The van der Waals surface area contributed by atoms with Crippen LogP contribution in [0.3, 0.4) is 0 Å². The van der Waals surface area contributed by atoms with Crippen molar-refractivity contribution in [1.29, 1.82) is 0 Å². The van der Waals surface area contributed by atoms with Gasteiger partial charge in [-0.15, -0.1) is 0 Å². The Hall–Kier alpha value is -1.75. The van der Waals surface area contributed by atoms with E-state index in [0.29, 0.717) is 18.7 Å². The fraction of sp³-hybridized carbons (Fsp3) is 0.579. The Morgan fingerprint density at radius 3 is 2.17 bits per heavy atom. The van der Waals surface area contributed by atoms with Gasteiger partial charge in [0.1, 0.15) is 5.82 Å². The van der Waals surface area contributed by atoms with Gasteiger partial charge < -0.3 is 4.90 Å². The summed E-state index contributed by atoms with van der Waals surface area (Å²) in [4.78, 5) is 28.6. The Balaban J connectivity index is 1.79. The van der Waals surface area contributed by atoms with E-state index in [1.54, 1.807) is 0 Å². The van der Waals surface area contributed by atoms with Crippen LogP contribution in [0, 0.1) is 5.82 Å². The van der Waals surface area contributed by atoms with Crippen LogP contribution >= 0.6 is 0 Å². The zero-order chi connectivity index (χ0) is 17.7. The Labute approximate surface area is 143 Å². The standard InChI is InChI=1S/C19H27FN2O2/c1-4-19(2,3)22-13-11-21(12-14-22)18(24)10-9-17(23)15-5-7-16(20)8-6-15/h5-8H,4,9-14H2,1-3H3. The third-order valence-corrected chi connectivity index (χ3v) is 5.09. The highest BCUT2D eigenvalue weighted by molar-refractivity contribution is 5.97. The molecule has 0 N–H and O–H groups in total. The van der Waals surface area contributed by atoms with Crippen molar-refractivity contribution in [3.8, 4) is 0 Å². The molecule has 1 amide bonds. The second-order valence-electron chi connectivity index (χ2n) is 6.96. The van der Waals surface area contributed by atoms with E-state index in [1.807, 2.05) is 4.90 Å². The molecule has 1 aromatic carbocycles. The van der Waals surface area contributed by atoms with E-state index in [0.717, 1.165) is 19.5 Å². The van der Waals surface area contributed by atoms with Crippen LogP contribution in [0.2, 0.25) is 0 Å². The summed E-state index contributed by atoms with van der Waals surface area (Å²) >= 11 is 0. The van der Waals surface area contributed by atoms with Crippen LogP contribution in [0.5, 0.6) is 0 Å². The fourth-order valence-corrected chi connectivity index (χ4v) is 2.94. The molecule has 5 heteroatoms. The zero-order valence-electron chi connectivity index (χ0n) is 14.8. The summed E-state index contributed by atoms with van der Waals surface area (Å²) in [7, 11) is 0. The normalized spacial score (nSPS) is 16.2. The van der Waals surface area contributed by atoms with Crippen molar-refractivity contribution in [2.24, 2.45) is 0 Å². The van der Waals surface area contributed by atoms with Gasteiger partial charge in [-0.3, -0.25) is 14.5 Å². The van der Waals surface area contributed by atoms with Gasteiger partial charge in [-0.05, 0) is 44.5 Å². The molecule has 2 rings (SSSR count). The fourth-order valence-electron chi connectivity index (χ4n) is 2.94. The number of ketones is 1. The minimum Gasteiger partial charge on any atom is -0.340 e. The van der Waals surface area contributed by atoms with Crippen LogP contribution in [-0.2, 0) is 4.79 Å². The summed E-state index contributed by atoms with van der Waals surface area (Å²) in [6.45, 7) is 9.81. The van der Waals surface area contributed by atoms with E-state index < -0.39 is 0 Å². The van der Waals surface area contributed by atoms with Gasteiger partial charge in [-0.25, -0.2) is 4.39 Å². The minimum atomic E-state index is -0.365. The SMILES string of the molecule is CCC(C)(C)N1CCN(C(=O)CCC(=O)c2ccc(F)cc2)CC1. The molecule has 0 radical (unpaired) electrons. The maximum atomic E-state index is 12.9. The second-order valence-corrected chi connectivity index (χ2v) is 6.96. The first-order valence-electron chi connectivity index (χ1n) is 8.65. The molecule has 1 aromatic rings. The number of benzene rings is 1. The third kappa shape index (κ3) is 4.63. The topological polar surface area (TPSA) is 40.6 Å². The van der Waals surface area contributed by atoms with Crippen LogP contribution in [0.25, 0.3) is 0 Å². The first-order chi connectivity index (χ1) is 11.3. The van der Waals surface area contributed by atoms with Gasteiger partial charge in [-0.1, -0.05) is 6.92 Å². The van der Waals surface area contributed by atoms with E-state index in [-0.39, 0.29) is 35.9 Å². The summed E-state index contributed by atoms with van der Waals surface area (Å²) in [5.74, 6) is -0.455. The van der Waals surface area contributed by atoms with Gasteiger partial charge in [0, 0.05) is 50.1 Å². The van der Waals surface area contributed by atoms with Crippen molar-refractivity contribution >= 4 is 11.7 Å². The summed E-state index contributed by atoms with van der Waals surface area (Å²) in [6.07, 6.45) is 1.46. The van der Waals surface area contributed by atoms with Crippen molar-refractivity contribution in [3.05, 3.63) is 35.6 Å². The predicted octanol–water partition coefficient (Wildman–Crippen LogP) is 3.12. The van der Waals surface area contributed by atoms with Gasteiger partial charge in [0.2, 0.25) is 5.91 Å². The van der Waals surface area contributed by atoms with Crippen molar-refractivity contribution in [2.45, 2.75) is 45.6 Å². The lowest BCUT2D eigenvalue weighted by atomic mass is 9.98. The van der Waals surface area contributed by atoms with Gasteiger partial charge >= 0.3 is 0 Å². The van der Waals surface area contributed by atoms with E-state index in [2.05, 4.69) is 25.7 Å². The lowest BCUT2D eigenvalue weighted by Crippen LogP contribution is -2.55. The molecule has 0 spiro atoms. The first-order valence-corrected chi connectivity index (χ1v) is 8.65. The number of Topliss-reactive ketones (excluding diaryl/α,β-unsaturated/α-hetero) is 1. The highest BCUT2D eigenvalue weighted by atomic mass is 19.1. The summed E-state index contributed by atoms with van der Waals surface area (Å²) < 4.78 is 12.9. The van der Waals surface area contributed by atoms with E-state index >= 15 is 0 Å². The van der Waals surface area contributed by atoms with Gasteiger partial charge in [0.15, 0.2) is 5.78 Å². The number of amides is 1. The molecule has 1 fully saturated rings. The molecule has 4 nitrogen and oxygen atoms in total. The average molecular weight is 334 g/mol. The van der Waals surface area contributed by atoms with Crippen molar-refractivity contribution in [3.63, 3.8) is 0 Å². The van der Waals surface area contributed by atoms with Gasteiger partial charge in [0.25, 0.3) is 0 Å². The summed E-state index contributed by atoms with van der Waals surface area (Å²) in [6, 6.07) is 5.47. The number of hydrogen-bond donors (Lipinski definition) is 0. The molecule has 24 heavy (non-hydrogen) atoms. The lowest BCUT2D eigenvalue weighted by molar-refractivity contribution is -0.133. The van der Waals surface area contributed by atoms with Crippen LogP contribution in [0.1, 0.15) is 50.4 Å². The van der Waals surface area contributed by atoms with Crippen molar-refractivity contribution in [1.82, 2.24) is 9.80 Å². The Morgan fingerprint density at radius 2 is 1.62 bits per heavy atom. The molecule has 0 unspecified atom stereocenters. The van der Waals surface area contributed by atoms with E-state index in [9.17, 15) is 14.0 Å². The quantitative estimate of drug-likeness (QED) is 0.751. The van der Waals surface area contributed by atoms with Gasteiger partial charge in [0.05, 0.1) is 0 Å². The summed E-state index contributed by atoms with van der Waals surface area (Å²) in [5.41, 5.74) is 0.618. The van der Waals surface area contributed by atoms with Crippen LogP contribution in [0.4, 0.5) is 4.39 Å². The highest BCUT2D eigenvalue weighted by Crippen LogP contribution is 2.20. The molecular formula is C19H27FN2O2.